The minimum atomic E-state index is -0.166. The van der Waals surface area contributed by atoms with Gasteiger partial charge in [0.1, 0.15) is 5.75 Å². The monoisotopic (exact) mass is 511 g/mol. The van der Waals surface area contributed by atoms with Crippen LogP contribution in [0.15, 0.2) is 91.3 Å². The van der Waals surface area contributed by atoms with Gasteiger partial charge < -0.3 is 24.8 Å². The minimum absolute atomic E-state index is 0.0565. The van der Waals surface area contributed by atoms with E-state index in [1.165, 1.54) is 0 Å². The summed E-state index contributed by atoms with van der Waals surface area (Å²) in [6, 6.07) is 25.4. The van der Waals surface area contributed by atoms with Crippen molar-refractivity contribution < 1.29 is 9.53 Å². The number of carbonyl (C=O) groups excluding carboxylic acids is 1. The van der Waals surface area contributed by atoms with Gasteiger partial charge in [-0.1, -0.05) is 18.2 Å². The molecule has 1 aliphatic heterocycles. The Labute approximate surface area is 222 Å². The molecular formula is C29H29N5O2S. The predicted octanol–water partition coefficient (Wildman–Crippen LogP) is 5.19. The van der Waals surface area contributed by atoms with Crippen LogP contribution in [0.4, 0.5) is 5.69 Å². The fourth-order valence-electron chi connectivity index (χ4n) is 4.75. The Hall–Kier alpha value is -4.17. The lowest BCUT2D eigenvalue weighted by atomic mass is 10.0. The van der Waals surface area contributed by atoms with Crippen LogP contribution in [0.1, 0.15) is 35.5 Å². The number of rotatable bonds is 8. The van der Waals surface area contributed by atoms with E-state index in [1.807, 2.05) is 85.9 Å². The third-order valence-electron chi connectivity index (χ3n) is 6.51. The lowest BCUT2D eigenvalue weighted by Crippen LogP contribution is -2.33. The number of thiocarbonyl (C=S) groups is 1. The lowest BCUT2D eigenvalue weighted by molar-refractivity contribution is -0.116. The van der Waals surface area contributed by atoms with Gasteiger partial charge in [0, 0.05) is 42.4 Å². The van der Waals surface area contributed by atoms with E-state index >= 15 is 0 Å². The maximum Gasteiger partial charge on any atom is 0.226 e. The van der Waals surface area contributed by atoms with E-state index in [9.17, 15) is 4.79 Å². The van der Waals surface area contributed by atoms with Crippen molar-refractivity contribution in [2.24, 2.45) is 0 Å². The Balaban J connectivity index is 1.43. The molecule has 8 heteroatoms. The number of amides is 1. The summed E-state index contributed by atoms with van der Waals surface area (Å²) in [7, 11) is 1.66. The van der Waals surface area contributed by atoms with Gasteiger partial charge in [-0.3, -0.25) is 9.78 Å². The largest absolute Gasteiger partial charge is 0.497 e. The number of hydrogen-bond donors (Lipinski definition) is 2. The maximum absolute atomic E-state index is 12.8. The van der Waals surface area contributed by atoms with Crippen LogP contribution in [0.3, 0.4) is 0 Å². The lowest BCUT2D eigenvalue weighted by Gasteiger charge is -2.29. The van der Waals surface area contributed by atoms with E-state index in [1.54, 1.807) is 13.3 Å². The molecule has 2 atom stereocenters. The molecule has 0 unspecified atom stereocenters. The molecule has 2 aromatic carbocycles. The molecule has 1 aliphatic rings. The number of nitrogens with zero attached hydrogens (tertiary/aromatic N) is 3. The highest BCUT2D eigenvalue weighted by Gasteiger charge is 2.41. The van der Waals surface area contributed by atoms with Crippen molar-refractivity contribution in [2.45, 2.75) is 25.4 Å². The molecule has 1 fully saturated rings. The fraction of sp³-hybridized carbons (Fsp3) is 0.207. The predicted molar refractivity (Wildman–Crippen MR) is 149 cm³/mol. The van der Waals surface area contributed by atoms with Gasteiger partial charge in [0.05, 0.1) is 24.9 Å². The maximum atomic E-state index is 12.8. The number of nitrogens with one attached hydrogen (secondary N) is 2. The summed E-state index contributed by atoms with van der Waals surface area (Å²) in [6.45, 7) is 2.47. The number of carbonyl (C=O) groups is 1. The SMILES string of the molecule is COc1ccc(-n2cccc2[C@H]2[C@@H](c3ccccn3)NC(=S)N2CCC(=O)Nc2cccc(C)c2)cc1. The van der Waals surface area contributed by atoms with Crippen LogP contribution in [0, 0.1) is 6.92 Å². The average Bonchev–Trinajstić information content (AvgIpc) is 3.52. The molecule has 5 rings (SSSR count). The van der Waals surface area contributed by atoms with Gasteiger partial charge >= 0.3 is 0 Å². The van der Waals surface area contributed by atoms with Gasteiger partial charge in [0.15, 0.2) is 5.11 Å². The fourth-order valence-corrected chi connectivity index (χ4v) is 5.08. The third kappa shape index (κ3) is 5.34. The zero-order valence-corrected chi connectivity index (χ0v) is 21.6. The van der Waals surface area contributed by atoms with Crippen LogP contribution in [0.5, 0.6) is 5.75 Å². The van der Waals surface area contributed by atoms with Gasteiger partial charge in [0.2, 0.25) is 5.91 Å². The number of methoxy groups -OCH3 is 1. The number of pyridine rings is 1. The highest BCUT2D eigenvalue weighted by atomic mass is 32.1. The molecule has 0 aliphatic carbocycles. The van der Waals surface area contributed by atoms with Crippen LogP contribution in [-0.2, 0) is 4.79 Å². The van der Waals surface area contributed by atoms with Crippen molar-refractivity contribution in [3.05, 3.63) is 108 Å². The highest BCUT2D eigenvalue weighted by molar-refractivity contribution is 7.80. The first-order valence-corrected chi connectivity index (χ1v) is 12.6. The van der Waals surface area contributed by atoms with Gasteiger partial charge in [-0.25, -0.2) is 0 Å². The first kappa shape index (κ1) is 24.5. The Kier molecular flexibility index (Phi) is 7.18. The first-order valence-electron chi connectivity index (χ1n) is 12.2. The van der Waals surface area contributed by atoms with Gasteiger partial charge in [-0.15, -0.1) is 0 Å². The highest BCUT2D eigenvalue weighted by Crippen LogP contribution is 2.39. The second-order valence-corrected chi connectivity index (χ2v) is 9.38. The second kappa shape index (κ2) is 10.8. The summed E-state index contributed by atoms with van der Waals surface area (Å²) >= 11 is 5.79. The van der Waals surface area contributed by atoms with Crippen LogP contribution in [0.2, 0.25) is 0 Å². The number of ether oxygens (including phenoxy) is 1. The molecule has 2 N–H and O–H groups in total. The molecule has 0 bridgehead atoms. The zero-order chi connectivity index (χ0) is 25.8. The van der Waals surface area contributed by atoms with Crippen molar-refractivity contribution in [3.8, 4) is 11.4 Å². The van der Waals surface area contributed by atoms with Gasteiger partial charge in [0.25, 0.3) is 0 Å². The quantitative estimate of drug-likeness (QED) is 0.317. The molecule has 4 aromatic rings. The Bertz CT molecular complexity index is 1390. The number of aryl methyl sites for hydroxylation is 1. The van der Waals surface area contributed by atoms with Crippen molar-refractivity contribution >= 4 is 28.9 Å². The summed E-state index contributed by atoms with van der Waals surface area (Å²) in [5.74, 6) is 0.743. The van der Waals surface area contributed by atoms with E-state index in [0.29, 0.717) is 18.1 Å². The summed E-state index contributed by atoms with van der Waals surface area (Å²) in [5, 5.41) is 7.07. The number of anilines is 1. The normalized spacial score (nSPS) is 16.9. The molecule has 3 heterocycles. The smallest absolute Gasteiger partial charge is 0.226 e. The molecule has 188 valence electrons. The topological polar surface area (TPSA) is 71.4 Å². The number of benzene rings is 2. The average molecular weight is 512 g/mol. The van der Waals surface area contributed by atoms with E-state index in [4.69, 9.17) is 17.0 Å². The van der Waals surface area contributed by atoms with Crippen LogP contribution >= 0.6 is 12.2 Å². The zero-order valence-electron chi connectivity index (χ0n) is 20.8. The van der Waals surface area contributed by atoms with Crippen LogP contribution in [-0.4, -0.2) is 39.1 Å². The van der Waals surface area contributed by atoms with Crippen molar-refractivity contribution in [1.82, 2.24) is 19.8 Å². The molecule has 2 aromatic heterocycles. The third-order valence-corrected chi connectivity index (χ3v) is 6.87. The minimum Gasteiger partial charge on any atom is -0.497 e. The summed E-state index contributed by atoms with van der Waals surface area (Å²) in [4.78, 5) is 19.6. The van der Waals surface area contributed by atoms with Crippen molar-refractivity contribution in [3.63, 3.8) is 0 Å². The van der Waals surface area contributed by atoms with E-state index < -0.39 is 0 Å². The summed E-state index contributed by atoms with van der Waals surface area (Å²) in [6.07, 6.45) is 4.12. The van der Waals surface area contributed by atoms with Gasteiger partial charge in [-0.2, -0.15) is 0 Å². The molecule has 0 saturated carbocycles. The number of aromatic nitrogens is 2. The van der Waals surface area contributed by atoms with E-state index in [0.717, 1.165) is 34.1 Å². The molecule has 1 amide bonds. The summed E-state index contributed by atoms with van der Waals surface area (Å²) < 4.78 is 7.48. The molecule has 37 heavy (non-hydrogen) atoms. The first-order chi connectivity index (χ1) is 18.0. The second-order valence-electron chi connectivity index (χ2n) is 8.99. The van der Waals surface area contributed by atoms with E-state index in [-0.39, 0.29) is 18.0 Å². The van der Waals surface area contributed by atoms with Crippen LogP contribution < -0.4 is 15.4 Å². The Morgan fingerprint density at radius 2 is 1.92 bits per heavy atom. The standard InChI is InChI=1S/C29H29N5O2S/c1-20-7-5-8-21(19-20)31-26(35)15-18-34-28(27(32-29(34)37)24-9-3-4-16-30-24)25-10-6-17-33(25)22-11-13-23(36-2)14-12-22/h3-14,16-17,19,27-28H,15,18H2,1-2H3,(H,31,35)(H,32,37)/t27-,28+/m1/s1. The molecule has 0 spiro atoms. The van der Waals surface area contributed by atoms with Gasteiger partial charge in [-0.05, 0) is 85.4 Å². The molecule has 7 nitrogen and oxygen atoms in total. The van der Waals surface area contributed by atoms with Crippen molar-refractivity contribution in [2.75, 3.05) is 19.0 Å². The molecule has 0 radical (unpaired) electrons. The summed E-state index contributed by atoms with van der Waals surface area (Å²) in [5.41, 5.74) is 4.84. The van der Waals surface area contributed by atoms with Crippen LogP contribution in [0.25, 0.3) is 5.69 Å². The number of hydrogen-bond acceptors (Lipinski definition) is 4. The Morgan fingerprint density at radius 3 is 2.65 bits per heavy atom. The molecular weight excluding hydrogens is 482 g/mol. The molecule has 1 saturated heterocycles. The van der Waals surface area contributed by atoms with Crippen molar-refractivity contribution in [1.29, 1.82) is 0 Å². The van der Waals surface area contributed by atoms with E-state index in [2.05, 4.69) is 31.2 Å². The Morgan fingerprint density at radius 1 is 1.08 bits per heavy atom.